The fourth-order valence-electron chi connectivity index (χ4n) is 3.39. The molecule has 31 heavy (non-hydrogen) atoms. The highest BCUT2D eigenvalue weighted by Gasteiger charge is 2.33. The van der Waals surface area contributed by atoms with Crippen LogP contribution in [0.2, 0.25) is 0 Å². The first-order valence-electron chi connectivity index (χ1n) is 10.0. The van der Waals surface area contributed by atoms with Crippen molar-refractivity contribution < 1.29 is 9.36 Å². The lowest BCUT2D eigenvalue weighted by atomic mass is 10.2. The lowest BCUT2D eigenvalue weighted by molar-refractivity contribution is 0.0968. The average molecular weight is 423 g/mol. The van der Waals surface area contributed by atoms with Crippen LogP contribution in [0.5, 0.6) is 0 Å². The van der Waals surface area contributed by atoms with Crippen LogP contribution in [0, 0.1) is 0 Å². The quantitative estimate of drug-likeness (QED) is 0.421. The Morgan fingerprint density at radius 2 is 1.03 bits per heavy atom. The summed E-state index contributed by atoms with van der Waals surface area (Å²) in [5, 5.41) is 4.31. The molecule has 152 valence electrons. The number of hydrogen-bond acceptors (Lipinski definition) is 2. The predicted octanol–water partition coefficient (Wildman–Crippen LogP) is 5.43. The average Bonchev–Trinajstić information content (AvgIpc) is 2.85. The molecule has 3 nitrogen and oxygen atoms in total. The Labute approximate surface area is 182 Å². The van der Waals surface area contributed by atoms with Gasteiger partial charge in [0.05, 0.1) is 5.44 Å². The van der Waals surface area contributed by atoms with E-state index in [0.29, 0.717) is 21.6 Å². The van der Waals surface area contributed by atoms with Crippen LogP contribution in [0.4, 0.5) is 0 Å². The van der Waals surface area contributed by atoms with E-state index in [4.69, 9.17) is 0 Å². The molecule has 0 bridgehead atoms. The summed E-state index contributed by atoms with van der Waals surface area (Å²) in [6.07, 6.45) is 1.81. The zero-order valence-corrected chi connectivity index (χ0v) is 17.8. The molecule has 0 aliphatic carbocycles. The molecule has 0 heterocycles. The van der Waals surface area contributed by atoms with Gasteiger partial charge in [-0.05, 0) is 23.8 Å². The lowest BCUT2D eigenvalue weighted by Crippen LogP contribution is -2.29. The highest BCUT2D eigenvalue weighted by atomic mass is 31.2. The second-order valence-corrected chi connectivity index (χ2v) is 9.77. The van der Waals surface area contributed by atoms with Crippen molar-refractivity contribution in [3.05, 3.63) is 138 Å². The van der Waals surface area contributed by atoms with Crippen LogP contribution >= 0.6 is 7.14 Å². The third-order valence-corrected chi connectivity index (χ3v) is 7.93. The van der Waals surface area contributed by atoms with Gasteiger partial charge >= 0.3 is 0 Å². The Morgan fingerprint density at radius 3 is 1.52 bits per heavy atom. The molecule has 4 heteroatoms. The minimum Gasteiger partial charge on any atom is -0.318 e. The van der Waals surface area contributed by atoms with E-state index in [1.54, 1.807) is 12.1 Å². The predicted molar refractivity (Wildman–Crippen MR) is 128 cm³/mol. The fourth-order valence-corrected chi connectivity index (χ4v) is 6.02. The summed E-state index contributed by atoms with van der Waals surface area (Å²) in [7, 11) is -3.34. The van der Waals surface area contributed by atoms with Gasteiger partial charge in [0.25, 0.3) is 5.91 Å². The van der Waals surface area contributed by atoms with Crippen LogP contribution in [0.25, 0.3) is 6.08 Å². The molecule has 0 aromatic heterocycles. The third kappa shape index (κ3) is 4.58. The van der Waals surface area contributed by atoms with E-state index in [-0.39, 0.29) is 5.91 Å². The summed E-state index contributed by atoms with van der Waals surface area (Å²) < 4.78 is 14.8. The molecular weight excluding hydrogens is 401 g/mol. The Balaban J connectivity index is 1.90. The number of amides is 1. The van der Waals surface area contributed by atoms with Gasteiger partial charge in [-0.1, -0.05) is 109 Å². The zero-order chi connectivity index (χ0) is 21.5. The van der Waals surface area contributed by atoms with Crippen molar-refractivity contribution in [3.63, 3.8) is 0 Å². The summed E-state index contributed by atoms with van der Waals surface area (Å²) in [6.45, 7) is 0. The normalized spacial score (nSPS) is 11.7. The molecule has 0 aliphatic rings. The highest BCUT2D eigenvalue weighted by molar-refractivity contribution is 7.82. The van der Waals surface area contributed by atoms with Crippen molar-refractivity contribution in [2.45, 2.75) is 0 Å². The minimum absolute atomic E-state index is 0.296. The Morgan fingerprint density at radius 1 is 0.613 bits per heavy atom. The summed E-state index contributed by atoms with van der Waals surface area (Å²) in [5.74, 6) is -0.296. The Hall–Kier alpha value is -3.68. The molecule has 4 aromatic rings. The second kappa shape index (κ2) is 9.42. The first kappa shape index (κ1) is 20.6. The van der Waals surface area contributed by atoms with Gasteiger partial charge in [-0.2, -0.15) is 0 Å². The summed E-state index contributed by atoms with van der Waals surface area (Å²) >= 11 is 0. The van der Waals surface area contributed by atoms with E-state index in [1.807, 2.05) is 115 Å². The van der Waals surface area contributed by atoms with Crippen molar-refractivity contribution in [2.24, 2.45) is 0 Å². The number of carbonyl (C=O) groups excluding carboxylic acids is 1. The van der Waals surface area contributed by atoms with Crippen LogP contribution in [-0.2, 0) is 4.57 Å². The minimum atomic E-state index is -3.34. The molecule has 0 saturated heterocycles. The van der Waals surface area contributed by atoms with Crippen LogP contribution in [-0.4, -0.2) is 5.91 Å². The van der Waals surface area contributed by atoms with E-state index in [2.05, 4.69) is 5.32 Å². The maximum absolute atomic E-state index is 14.8. The molecule has 0 unspecified atom stereocenters. The fraction of sp³-hybridized carbons (Fsp3) is 0. The maximum atomic E-state index is 14.8. The molecular formula is C27H22NO2P. The summed E-state index contributed by atoms with van der Waals surface area (Å²) in [4.78, 5) is 13.1. The highest BCUT2D eigenvalue weighted by Crippen LogP contribution is 2.51. The molecule has 0 fully saturated rings. The van der Waals surface area contributed by atoms with Gasteiger partial charge < -0.3 is 9.88 Å². The smallest absolute Gasteiger partial charge is 0.255 e. The van der Waals surface area contributed by atoms with Gasteiger partial charge in [0, 0.05) is 16.2 Å². The Bertz CT molecular complexity index is 1180. The largest absolute Gasteiger partial charge is 0.318 e. The van der Waals surface area contributed by atoms with Crippen LogP contribution < -0.4 is 15.9 Å². The van der Waals surface area contributed by atoms with E-state index in [0.717, 1.165) is 5.56 Å². The summed E-state index contributed by atoms with van der Waals surface area (Å²) in [5.41, 5.74) is 1.75. The van der Waals surface area contributed by atoms with Gasteiger partial charge in [-0.3, -0.25) is 4.79 Å². The number of nitrogens with one attached hydrogen (secondary N) is 1. The van der Waals surface area contributed by atoms with Crippen molar-refractivity contribution in [3.8, 4) is 0 Å². The second-order valence-electron chi connectivity index (χ2n) is 7.04. The molecule has 1 N–H and O–H groups in total. The van der Waals surface area contributed by atoms with Crippen molar-refractivity contribution >= 4 is 29.7 Å². The number of rotatable bonds is 6. The van der Waals surface area contributed by atoms with Crippen LogP contribution in [0.1, 0.15) is 15.9 Å². The number of hydrogen-bond donors (Lipinski definition) is 1. The SMILES string of the molecule is O=C(NC(=Cc1ccccc1)P(=O)(c1ccccc1)c1ccccc1)c1ccccc1. The first-order valence-corrected chi connectivity index (χ1v) is 11.7. The lowest BCUT2D eigenvalue weighted by Gasteiger charge is -2.23. The molecule has 4 rings (SSSR count). The van der Waals surface area contributed by atoms with Gasteiger partial charge in [0.15, 0.2) is 7.14 Å². The maximum Gasteiger partial charge on any atom is 0.255 e. The third-order valence-electron chi connectivity index (χ3n) is 4.96. The van der Waals surface area contributed by atoms with Crippen molar-refractivity contribution in [1.82, 2.24) is 5.32 Å². The molecule has 0 atom stereocenters. The van der Waals surface area contributed by atoms with Crippen molar-refractivity contribution in [1.29, 1.82) is 0 Å². The van der Waals surface area contributed by atoms with Gasteiger partial charge in [-0.25, -0.2) is 0 Å². The molecule has 0 aliphatic heterocycles. The number of benzene rings is 4. The molecule has 0 radical (unpaired) electrons. The van der Waals surface area contributed by atoms with Gasteiger partial charge in [-0.15, -0.1) is 0 Å². The molecule has 4 aromatic carbocycles. The molecule has 0 saturated carbocycles. The monoisotopic (exact) mass is 423 g/mol. The van der Waals surface area contributed by atoms with Crippen molar-refractivity contribution in [2.75, 3.05) is 0 Å². The molecule has 1 amide bonds. The van der Waals surface area contributed by atoms with Crippen LogP contribution in [0.3, 0.4) is 0 Å². The zero-order valence-electron chi connectivity index (χ0n) is 16.9. The van der Waals surface area contributed by atoms with E-state index < -0.39 is 7.14 Å². The first-order chi connectivity index (χ1) is 15.2. The molecule has 0 spiro atoms. The van der Waals surface area contributed by atoms with E-state index >= 15 is 0 Å². The van der Waals surface area contributed by atoms with E-state index in [1.165, 1.54) is 0 Å². The van der Waals surface area contributed by atoms with Crippen LogP contribution in [0.15, 0.2) is 127 Å². The van der Waals surface area contributed by atoms with Gasteiger partial charge in [0.2, 0.25) is 0 Å². The van der Waals surface area contributed by atoms with E-state index in [9.17, 15) is 9.36 Å². The topological polar surface area (TPSA) is 46.2 Å². The van der Waals surface area contributed by atoms with Gasteiger partial charge in [0.1, 0.15) is 0 Å². The standard InChI is InChI=1S/C27H22NO2P/c29-27(23-15-7-2-8-16-23)28-26(21-22-13-5-1-6-14-22)31(30,24-17-9-3-10-18-24)25-19-11-4-12-20-25/h1-21H,(H,28,29). The summed E-state index contributed by atoms with van der Waals surface area (Å²) in [6, 6.07) is 37.2. The Kier molecular flexibility index (Phi) is 6.26. The number of carbonyl (C=O) groups is 1.